The van der Waals surface area contributed by atoms with Crippen molar-refractivity contribution < 1.29 is 0 Å². The first-order valence-corrected chi connectivity index (χ1v) is 6.02. The Kier molecular flexibility index (Phi) is 3.99. The first-order chi connectivity index (χ1) is 8.68. The molecule has 0 saturated heterocycles. The van der Waals surface area contributed by atoms with Crippen LogP contribution in [0.25, 0.3) is 0 Å². The second kappa shape index (κ2) is 5.69. The molecule has 2 heterocycles. The molecule has 0 saturated carbocycles. The molecule has 0 atom stereocenters. The standard InChI is InChI=1S/C13H13ClN4/c1-9-6-8-17-18-12(9)5-4-11(15)10-3-2-7-16-13(10)14/h2-3,6-8,15H,4-5H2,1H3. The highest BCUT2D eigenvalue weighted by atomic mass is 35.5. The Balaban J connectivity index is 2.06. The molecule has 0 aliphatic carbocycles. The van der Waals surface area contributed by atoms with Crippen molar-refractivity contribution in [2.45, 2.75) is 19.8 Å². The van der Waals surface area contributed by atoms with Gasteiger partial charge in [0.15, 0.2) is 0 Å². The van der Waals surface area contributed by atoms with E-state index in [1.165, 1.54) is 0 Å². The lowest BCUT2D eigenvalue weighted by atomic mass is 10.0. The molecule has 0 aliphatic heterocycles. The fourth-order valence-corrected chi connectivity index (χ4v) is 1.89. The van der Waals surface area contributed by atoms with Gasteiger partial charge in [-0.3, -0.25) is 0 Å². The molecule has 0 aromatic carbocycles. The van der Waals surface area contributed by atoms with Crippen LogP contribution in [0.4, 0.5) is 0 Å². The van der Waals surface area contributed by atoms with Crippen LogP contribution < -0.4 is 0 Å². The first-order valence-electron chi connectivity index (χ1n) is 5.64. The van der Waals surface area contributed by atoms with Gasteiger partial charge in [-0.1, -0.05) is 11.6 Å². The Morgan fingerprint density at radius 1 is 1.33 bits per heavy atom. The zero-order valence-corrected chi connectivity index (χ0v) is 10.8. The average molecular weight is 261 g/mol. The monoisotopic (exact) mass is 260 g/mol. The molecule has 2 rings (SSSR count). The summed E-state index contributed by atoms with van der Waals surface area (Å²) in [5.41, 5.74) is 3.16. The maximum Gasteiger partial charge on any atom is 0.138 e. The van der Waals surface area contributed by atoms with Gasteiger partial charge in [-0.25, -0.2) is 4.98 Å². The molecule has 0 bridgehead atoms. The SMILES string of the molecule is Cc1ccnnc1CCC(=N)c1cccnc1Cl. The molecule has 0 amide bonds. The summed E-state index contributed by atoms with van der Waals surface area (Å²) in [5.74, 6) is 0. The third-order valence-electron chi connectivity index (χ3n) is 2.72. The van der Waals surface area contributed by atoms with E-state index >= 15 is 0 Å². The largest absolute Gasteiger partial charge is 0.305 e. The van der Waals surface area contributed by atoms with Gasteiger partial charge in [0.05, 0.1) is 5.69 Å². The summed E-state index contributed by atoms with van der Waals surface area (Å²) < 4.78 is 0. The summed E-state index contributed by atoms with van der Waals surface area (Å²) >= 11 is 5.95. The predicted octanol–water partition coefficient (Wildman–Crippen LogP) is 2.83. The predicted molar refractivity (Wildman–Crippen MR) is 71.2 cm³/mol. The van der Waals surface area contributed by atoms with Gasteiger partial charge in [-0.15, -0.1) is 0 Å². The van der Waals surface area contributed by atoms with Crippen LogP contribution in [0.2, 0.25) is 5.15 Å². The molecular formula is C13H13ClN4. The Morgan fingerprint density at radius 3 is 2.89 bits per heavy atom. The Morgan fingerprint density at radius 2 is 2.17 bits per heavy atom. The molecule has 5 heteroatoms. The van der Waals surface area contributed by atoms with Crippen molar-refractivity contribution in [2.75, 3.05) is 0 Å². The molecular weight excluding hydrogens is 248 g/mol. The van der Waals surface area contributed by atoms with Crippen LogP contribution in [-0.4, -0.2) is 20.9 Å². The topological polar surface area (TPSA) is 62.5 Å². The Labute approximate surface area is 111 Å². The minimum Gasteiger partial charge on any atom is -0.305 e. The number of rotatable bonds is 4. The van der Waals surface area contributed by atoms with Gasteiger partial charge in [-0.05, 0) is 43.5 Å². The second-order valence-corrected chi connectivity index (χ2v) is 4.34. The van der Waals surface area contributed by atoms with E-state index in [-0.39, 0.29) is 0 Å². The van der Waals surface area contributed by atoms with Gasteiger partial charge < -0.3 is 5.41 Å². The van der Waals surface area contributed by atoms with Gasteiger partial charge in [0.1, 0.15) is 5.15 Å². The zero-order chi connectivity index (χ0) is 13.0. The fraction of sp³-hybridized carbons (Fsp3) is 0.231. The van der Waals surface area contributed by atoms with E-state index in [4.69, 9.17) is 17.0 Å². The number of halogens is 1. The summed E-state index contributed by atoms with van der Waals surface area (Å²) in [6.07, 6.45) is 4.54. The maximum absolute atomic E-state index is 8.02. The van der Waals surface area contributed by atoms with Crippen molar-refractivity contribution in [2.24, 2.45) is 0 Å². The summed E-state index contributed by atoms with van der Waals surface area (Å²) in [4.78, 5) is 3.97. The van der Waals surface area contributed by atoms with Crippen molar-refractivity contribution in [3.05, 3.63) is 52.6 Å². The summed E-state index contributed by atoms with van der Waals surface area (Å²) in [6, 6.07) is 5.51. The van der Waals surface area contributed by atoms with Crippen molar-refractivity contribution >= 4 is 17.3 Å². The van der Waals surface area contributed by atoms with Crippen LogP contribution in [-0.2, 0) is 6.42 Å². The minimum atomic E-state index is 0.373. The average Bonchev–Trinajstić information content (AvgIpc) is 2.38. The Bertz CT molecular complexity index is 568. The van der Waals surface area contributed by atoms with Crippen molar-refractivity contribution in [1.82, 2.24) is 15.2 Å². The van der Waals surface area contributed by atoms with Gasteiger partial charge in [0.25, 0.3) is 0 Å². The van der Waals surface area contributed by atoms with E-state index in [1.807, 2.05) is 13.0 Å². The van der Waals surface area contributed by atoms with Gasteiger partial charge in [0.2, 0.25) is 0 Å². The van der Waals surface area contributed by atoms with Crippen molar-refractivity contribution in [3.8, 4) is 0 Å². The molecule has 4 nitrogen and oxygen atoms in total. The number of hydrogen-bond acceptors (Lipinski definition) is 4. The van der Waals surface area contributed by atoms with E-state index in [1.54, 1.807) is 24.5 Å². The number of nitrogens with one attached hydrogen (secondary N) is 1. The smallest absolute Gasteiger partial charge is 0.138 e. The fourth-order valence-electron chi connectivity index (χ4n) is 1.66. The van der Waals surface area contributed by atoms with E-state index in [0.717, 1.165) is 11.3 Å². The lowest BCUT2D eigenvalue weighted by molar-refractivity contribution is 0.871. The quantitative estimate of drug-likeness (QED) is 0.679. The van der Waals surface area contributed by atoms with E-state index in [0.29, 0.717) is 29.3 Å². The summed E-state index contributed by atoms with van der Waals surface area (Å²) in [6.45, 7) is 1.99. The van der Waals surface area contributed by atoms with E-state index < -0.39 is 0 Å². The number of hydrogen-bond donors (Lipinski definition) is 1. The number of aryl methyl sites for hydroxylation is 2. The molecule has 18 heavy (non-hydrogen) atoms. The minimum absolute atomic E-state index is 0.373. The molecule has 0 unspecified atom stereocenters. The molecule has 1 N–H and O–H groups in total. The highest BCUT2D eigenvalue weighted by Gasteiger charge is 2.08. The van der Waals surface area contributed by atoms with Crippen LogP contribution in [0.15, 0.2) is 30.6 Å². The third kappa shape index (κ3) is 2.90. The van der Waals surface area contributed by atoms with Crippen molar-refractivity contribution in [3.63, 3.8) is 0 Å². The van der Waals surface area contributed by atoms with Gasteiger partial charge in [-0.2, -0.15) is 10.2 Å². The van der Waals surface area contributed by atoms with Crippen LogP contribution in [0.5, 0.6) is 0 Å². The molecule has 0 radical (unpaired) electrons. The molecule has 0 spiro atoms. The van der Waals surface area contributed by atoms with Crippen LogP contribution in [0.3, 0.4) is 0 Å². The number of aromatic nitrogens is 3. The normalized spacial score (nSPS) is 10.3. The number of pyridine rings is 1. The second-order valence-electron chi connectivity index (χ2n) is 3.98. The van der Waals surface area contributed by atoms with Crippen LogP contribution >= 0.6 is 11.6 Å². The zero-order valence-electron chi connectivity index (χ0n) is 10.0. The lowest BCUT2D eigenvalue weighted by Gasteiger charge is -2.06. The molecule has 0 aliphatic rings. The highest BCUT2D eigenvalue weighted by Crippen LogP contribution is 2.15. The third-order valence-corrected chi connectivity index (χ3v) is 3.02. The summed E-state index contributed by atoms with van der Waals surface area (Å²) in [7, 11) is 0. The van der Waals surface area contributed by atoms with Gasteiger partial charge >= 0.3 is 0 Å². The van der Waals surface area contributed by atoms with Crippen molar-refractivity contribution in [1.29, 1.82) is 5.41 Å². The molecule has 2 aromatic rings. The molecule has 0 fully saturated rings. The van der Waals surface area contributed by atoms with Crippen LogP contribution in [0.1, 0.15) is 23.2 Å². The lowest BCUT2D eigenvalue weighted by Crippen LogP contribution is -2.05. The Hall–Kier alpha value is -1.81. The first kappa shape index (κ1) is 12.6. The maximum atomic E-state index is 8.02. The summed E-state index contributed by atoms with van der Waals surface area (Å²) in [5, 5.41) is 16.3. The van der Waals surface area contributed by atoms with Crippen LogP contribution in [0, 0.1) is 12.3 Å². The number of nitrogens with zero attached hydrogens (tertiary/aromatic N) is 3. The molecule has 92 valence electrons. The highest BCUT2D eigenvalue weighted by molar-refractivity contribution is 6.32. The van der Waals surface area contributed by atoms with Gasteiger partial charge in [0, 0.05) is 23.7 Å². The van der Waals surface area contributed by atoms with E-state index in [9.17, 15) is 0 Å². The van der Waals surface area contributed by atoms with E-state index in [2.05, 4.69) is 15.2 Å². The molecule has 2 aromatic heterocycles.